The smallest absolute Gasteiger partial charge is 0.269 e. The Kier molecular flexibility index (Phi) is 6.69. The third kappa shape index (κ3) is 5.20. The van der Waals surface area contributed by atoms with Crippen LogP contribution in [0.25, 0.3) is 22.3 Å². The van der Waals surface area contributed by atoms with E-state index < -0.39 is 0 Å². The molecule has 0 aliphatic carbocycles. The van der Waals surface area contributed by atoms with Crippen molar-refractivity contribution in [3.63, 3.8) is 0 Å². The van der Waals surface area contributed by atoms with Gasteiger partial charge in [-0.25, -0.2) is 0 Å². The van der Waals surface area contributed by atoms with Crippen LogP contribution in [0.3, 0.4) is 0 Å². The van der Waals surface area contributed by atoms with Crippen LogP contribution >= 0.6 is 0 Å². The Morgan fingerprint density at radius 2 is 1.85 bits per heavy atom. The number of benzene rings is 2. The molecule has 0 saturated carbocycles. The van der Waals surface area contributed by atoms with Crippen molar-refractivity contribution in [2.24, 2.45) is 0 Å². The van der Waals surface area contributed by atoms with Gasteiger partial charge < -0.3 is 9.72 Å². The number of rotatable bonds is 7. The number of aromatic nitrogens is 2. The van der Waals surface area contributed by atoms with Gasteiger partial charge >= 0.3 is 0 Å². The van der Waals surface area contributed by atoms with Crippen molar-refractivity contribution in [3.05, 3.63) is 83.6 Å². The van der Waals surface area contributed by atoms with Gasteiger partial charge in [0.05, 0.1) is 18.5 Å². The number of ether oxygens (including phenoxy) is 1. The number of aryl methyl sites for hydroxylation is 2. The molecule has 2 aromatic heterocycles. The molecule has 168 valence electrons. The molecule has 0 bridgehead atoms. The first kappa shape index (κ1) is 22.1. The van der Waals surface area contributed by atoms with E-state index >= 15 is 0 Å². The molecule has 0 radical (unpaired) electrons. The number of methoxy groups -OCH3 is 1. The number of hydrogen-bond donors (Lipinski definition) is 3. The molecule has 0 spiro atoms. The predicted octanol–water partition coefficient (Wildman–Crippen LogP) is 4.33. The third-order valence-electron chi connectivity index (χ3n) is 5.48. The van der Waals surface area contributed by atoms with Crippen molar-refractivity contribution in [2.75, 3.05) is 7.11 Å². The lowest BCUT2D eigenvalue weighted by Gasteiger charge is -2.09. The van der Waals surface area contributed by atoms with Crippen LogP contribution in [-0.2, 0) is 11.2 Å². The summed E-state index contributed by atoms with van der Waals surface area (Å²) in [6.07, 6.45) is 3.39. The number of hydrogen-bond acceptors (Lipinski definition) is 4. The van der Waals surface area contributed by atoms with Crippen LogP contribution in [0.2, 0.25) is 0 Å². The Labute approximate surface area is 192 Å². The number of H-pyrrole nitrogens is 1. The maximum absolute atomic E-state index is 12.3. The highest BCUT2D eigenvalue weighted by Gasteiger charge is 2.15. The number of fused-ring (bicyclic) bond motifs is 1. The Morgan fingerprint density at radius 1 is 1.03 bits per heavy atom. The summed E-state index contributed by atoms with van der Waals surface area (Å²) in [5, 5.41) is 1.14. The summed E-state index contributed by atoms with van der Waals surface area (Å²) in [4.78, 5) is 32.5. The number of amides is 2. The van der Waals surface area contributed by atoms with Crippen LogP contribution in [-0.4, -0.2) is 28.9 Å². The van der Waals surface area contributed by atoms with E-state index in [1.54, 1.807) is 37.6 Å². The van der Waals surface area contributed by atoms with Gasteiger partial charge in [0.15, 0.2) is 0 Å². The van der Waals surface area contributed by atoms with Crippen molar-refractivity contribution < 1.29 is 14.3 Å². The van der Waals surface area contributed by atoms with E-state index in [2.05, 4.69) is 45.9 Å². The Morgan fingerprint density at radius 3 is 2.58 bits per heavy atom. The molecular weight excluding hydrogens is 416 g/mol. The van der Waals surface area contributed by atoms with Gasteiger partial charge in [-0.2, -0.15) is 0 Å². The Bertz CT molecular complexity index is 1260. The van der Waals surface area contributed by atoms with E-state index in [1.807, 2.05) is 18.2 Å². The molecular formula is C26H26N4O3. The zero-order chi connectivity index (χ0) is 23.2. The molecule has 33 heavy (non-hydrogen) atoms. The molecule has 0 fully saturated rings. The van der Waals surface area contributed by atoms with Gasteiger partial charge in [-0.1, -0.05) is 17.7 Å². The predicted molar refractivity (Wildman–Crippen MR) is 128 cm³/mol. The highest BCUT2D eigenvalue weighted by molar-refractivity contribution is 5.95. The lowest BCUT2D eigenvalue weighted by Crippen LogP contribution is -2.41. The first-order chi connectivity index (χ1) is 16.0. The van der Waals surface area contributed by atoms with Gasteiger partial charge in [-0.05, 0) is 73.9 Å². The fraction of sp³-hybridized carbons (Fsp3) is 0.192. The molecule has 4 aromatic rings. The number of nitrogens with zero attached hydrogens (tertiary/aromatic N) is 1. The van der Waals surface area contributed by atoms with Gasteiger partial charge in [0, 0.05) is 29.1 Å². The molecule has 2 aromatic carbocycles. The van der Waals surface area contributed by atoms with Crippen LogP contribution in [0, 0.1) is 6.92 Å². The maximum Gasteiger partial charge on any atom is 0.269 e. The fourth-order valence-electron chi connectivity index (χ4n) is 3.78. The third-order valence-corrected chi connectivity index (χ3v) is 5.48. The second kappa shape index (κ2) is 9.99. The molecule has 0 aliphatic rings. The van der Waals surface area contributed by atoms with Crippen molar-refractivity contribution in [3.8, 4) is 17.1 Å². The van der Waals surface area contributed by atoms with Crippen LogP contribution in [0.15, 0.2) is 66.9 Å². The molecule has 0 aliphatic heterocycles. The van der Waals surface area contributed by atoms with E-state index in [0.29, 0.717) is 24.2 Å². The monoisotopic (exact) mass is 442 g/mol. The summed E-state index contributed by atoms with van der Waals surface area (Å²) < 4.78 is 5.08. The first-order valence-corrected chi connectivity index (χ1v) is 10.8. The van der Waals surface area contributed by atoms with Crippen molar-refractivity contribution in [1.82, 2.24) is 20.8 Å². The standard InChI is InChI=1S/C26H26N4O3/c1-17-9-14-22-21(16-17)20(25(28-22)23-7-3-4-15-27-23)6-5-8-24(31)29-30-26(32)18-10-12-19(33-2)13-11-18/h3-4,7,9-16,28H,5-6,8H2,1-2H3,(H,29,31)(H,30,32). The second-order valence-electron chi connectivity index (χ2n) is 7.83. The van der Waals surface area contributed by atoms with Crippen molar-refractivity contribution in [2.45, 2.75) is 26.2 Å². The second-order valence-corrected chi connectivity index (χ2v) is 7.83. The zero-order valence-corrected chi connectivity index (χ0v) is 18.6. The minimum Gasteiger partial charge on any atom is -0.497 e. The van der Waals surface area contributed by atoms with E-state index in [9.17, 15) is 9.59 Å². The lowest BCUT2D eigenvalue weighted by molar-refractivity contribution is -0.121. The average molecular weight is 443 g/mol. The fourth-order valence-corrected chi connectivity index (χ4v) is 3.78. The highest BCUT2D eigenvalue weighted by Crippen LogP contribution is 2.31. The molecule has 7 nitrogen and oxygen atoms in total. The summed E-state index contributed by atoms with van der Waals surface area (Å²) >= 11 is 0. The largest absolute Gasteiger partial charge is 0.497 e. The topological polar surface area (TPSA) is 96.1 Å². The number of carbonyl (C=O) groups is 2. The Hall–Kier alpha value is -4.13. The first-order valence-electron chi connectivity index (χ1n) is 10.8. The molecule has 4 rings (SSSR count). The zero-order valence-electron chi connectivity index (χ0n) is 18.6. The van der Waals surface area contributed by atoms with Crippen molar-refractivity contribution in [1.29, 1.82) is 0 Å². The lowest BCUT2D eigenvalue weighted by atomic mass is 10.0. The van der Waals surface area contributed by atoms with Gasteiger partial charge in [0.25, 0.3) is 5.91 Å². The van der Waals surface area contributed by atoms with Crippen LogP contribution < -0.4 is 15.6 Å². The summed E-state index contributed by atoms with van der Waals surface area (Å²) in [5.41, 5.74) is 10.6. The number of hydrazine groups is 1. The molecule has 0 atom stereocenters. The molecule has 0 saturated heterocycles. The van der Waals surface area contributed by atoms with Gasteiger partial charge in [0.1, 0.15) is 5.75 Å². The van der Waals surface area contributed by atoms with E-state index in [-0.39, 0.29) is 18.2 Å². The number of pyridine rings is 1. The highest BCUT2D eigenvalue weighted by atomic mass is 16.5. The minimum atomic E-state index is -0.379. The minimum absolute atomic E-state index is 0.243. The van der Waals surface area contributed by atoms with Gasteiger partial charge in [0.2, 0.25) is 5.91 Å². The van der Waals surface area contributed by atoms with E-state index in [0.717, 1.165) is 27.9 Å². The number of aromatic amines is 1. The summed E-state index contributed by atoms with van der Waals surface area (Å²) in [5.74, 6) is 0.0379. The average Bonchev–Trinajstić information content (AvgIpc) is 3.20. The quantitative estimate of drug-likeness (QED) is 0.371. The SMILES string of the molecule is COc1ccc(C(=O)NNC(=O)CCCc2c(-c3ccccn3)[nH]c3ccc(C)cc23)cc1. The van der Waals surface area contributed by atoms with Crippen LogP contribution in [0.1, 0.15) is 34.3 Å². The summed E-state index contributed by atoms with van der Waals surface area (Å²) in [7, 11) is 1.56. The Balaban J connectivity index is 1.38. The van der Waals surface area contributed by atoms with Crippen molar-refractivity contribution >= 4 is 22.7 Å². The van der Waals surface area contributed by atoms with Crippen LogP contribution in [0.5, 0.6) is 5.75 Å². The molecule has 2 amide bonds. The number of nitrogens with one attached hydrogen (secondary N) is 3. The van der Waals surface area contributed by atoms with E-state index in [4.69, 9.17) is 4.74 Å². The molecule has 7 heteroatoms. The van der Waals surface area contributed by atoms with Crippen LogP contribution in [0.4, 0.5) is 0 Å². The normalized spacial score (nSPS) is 10.7. The molecule has 0 unspecified atom stereocenters. The van der Waals surface area contributed by atoms with Gasteiger partial charge in [-0.3, -0.25) is 25.4 Å². The summed E-state index contributed by atoms with van der Waals surface area (Å²) in [6, 6.07) is 18.8. The molecule has 2 heterocycles. The summed E-state index contributed by atoms with van der Waals surface area (Å²) in [6.45, 7) is 2.07. The maximum atomic E-state index is 12.3. The van der Waals surface area contributed by atoms with E-state index in [1.165, 1.54) is 5.56 Å². The van der Waals surface area contributed by atoms with Gasteiger partial charge in [-0.15, -0.1) is 0 Å². The number of carbonyl (C=O) groups excluding carboxylic acids is 2. The molecule has 3 N–H and O–H groups in total.